The minimum atomic E-state index is -3.50. The van der Waals surface area contributed by atoms with Gasteiger partial charge < -0.3 is 10.2 Å². The lowest BCUT2D eigenvalue weighted by Crippen LogP contribution is -2.48. The van der Waals surface area contributed by atoms with Crippen molar-refractivity contribution in [2.24, 2.45) is 0 Å². The molecule has 0 saturated carbocycles. The molecule has 0 bridgehead atoms. The van der Waals surface area contributed by atoms with Gasteiger partial charge in [-0.25, -0.2) is 17.7 Å². The molecule has 8 nitrogen and oxygen atoms in total. The molecule has 4 rings (SSSR count). The Labute approximate surface area is 192 Å². The topological polar surface area (TPSA) is 85.8 Å². The molecule has 0 spiro atoms. The van der Waals surface area contributed by atoms with Crippen LogP contribution >= 0.6 is 11.3 Å². The van der Waals surface area contributed by atoms with Gasteiger partial charge in [0.1, 0.15) is 0 Å². The summed E-state index contributed by atoms with van der Waals surface area (Å²) in [4.78, 5) is 22.0. The monoisotopic (exact) mass is 473 g/mol. The average molecular weight is 474 g/mol. The van der Waals surface area contributed by atoms with Crippen LogP contribution in [0.2, 0.25) is 0 Å². The van der Waals surface area contributed by atoms with Crippen LogP contribution in [-0.4, -0.2) is 81.9 Å². The molecular weight excluding hydrogens is 446 g/mol. The van der Waals surface area contributed by atoms with Crippen LogP contribution in [0.1, 0.15) is 10.4 Å². The zero-order valence-corrected chi connectivity index (χ0v) is 19.8. The van der Waals surface area contributed by atoms with Crippen LogP contribution in [-0.2, 0) is 10.0 Å². The highest BCUT2D eigenvalue weighted by Gasteiger charge is 2.20. The number of thiazole rings is 1. The van der Waals surface area contributed by atoms with Gasteiger partial charge in [0.15, 0.2) is 5.13 Å². The van der Waals surface area contributed by atoms with Gasteiger partial charge in [-0.2, -0.15) is 0 Å². The molecule has 1 amide bonds. The van der Waals surface area contributed by atoms with Crippen LogP contribution in [0.5, 0.6) is 0 Å². The number of fused-ring (bicyclic) bond motifs is 1. The summed E-state index contributed by atoms with van der Waals surface area (Å²) in [6.07, 6.45) is 0. The molecule has 1 N–H and O–H groups in total. The van der Waals surface area contributed by atoms with E-state index in [1.165, 1.54) is 30.9 Å². The van der Waals surface area contributed by atoms with E-state index >= 15 is 0 Å². The van der Waals surface area contributed by atoms with Gasteiger partial charge in [0.2, 0.25) is 10.0 Å². The third-order valence-corrected chi connectivity index (χ3v) is 8.46. The van der Waals surface area contributed by atoms with Crippen molar-refractivity contribution in [2.75, 3.05) is 58.3 Å². The Hall–Kier alpha value is -2.53. The minimum absolute atomic E-state index is 0.171. The van der Waals surface area contributed by atoms with Crippen LogP contribution in [0.25, 0.3) is 10.2 Å². The number of carbonyl (C=O) groups excluding carboxylic acids is 1. The third-order valence-electron chi connectivity index (χ3n) is 5.53. The second-order valence-corrected chi connectivity index (χ2v) is 11.0. The normalized spacial score (nSPS) is 15.4. The zero-order chi connectivity index (χ0) is 22.7. The Kier molecular flexibility index (Phi) is 6.75. The van der Waals surface area contributed by atoms with E-state index < -0.39 is 10.0 Å². The molecule has 0 unspecified atom stereocenters. The molecule has 170 valence electrons. The van der Waals surface area contributed by atoms with Crippen LogP contribution in [0.3, 0.4) is 0 Å². The van der Waals surface area contributed by atoms with E-state index in [0.29, 0.717) is 12.1 Å². The fourth-order valence-electron chi connectivity index (χ4n) is 3.58. The molecule has 0 radical (unpaired) electrons. The Bertz CT molecular complexity index is 1150. The van der Waals surface area contributed by atoms with Gasteiger partial charge in [-0.15, -0.1) is 0 Å². The number of nitrogens with zero attached hydrogens (tertiary/aromatic N) is 4. The van der Waals surface area contributed by atoms with Crippen LogP contribution in [0, 0.1) is 0 Å². The SMILES string of the molecule is CN(C)S(=O)(=O)c1ccc(C(=O)NCCN2CCN(c3nc4ccccc4s3)CC2)cc1. The van der Waals surface area contributed by atoms with E-state index in [1.807, 2.05) is 18.2 Å². The highest BCUT2D eigenvalue weighted by atomic mass is 32.2. The number of sulfonamides is 1. The molecule has 1 saturated heterocycles. The summed E-state index contributed by atoms with van der Waals surface area (Å²) in [5.41, 5.74) is 1.49. The second-order valence-electron chi connectivity index (χ2n) is 7.86. The number of anilines is 1. The van der Waals surface area contributed by atoms with Gasteiger partial charge in [-0.1, -0.05) is 23.5 Å². The fourth-order valence-corrected chi connectivity index (χ4v) is 5.50. The Balaban J connectivity index is 1.23. The predicted octanol–water partition coefficient (Wildman–Crippen LogP) is 2.10. The number of aromatic nitrogens is 1. The molecule has 0 aliphatic carbocycles. The molecular formula is C22H27N5O3S2. The van der Waals surface area contributed by atoms with E-state index in [4.69, 9.17) is 4.98 Å². The van der Waals surface area contributed by atoms with E-state index in [-0.39, 0.29) is 10.8 Å². The van der Waals surface area contributed by atoms with Crippen molar-refractivity contribution in [1.82, 2.24) is 19.5 Å². The zero-order valence-electron chi connectivity index (χ0n) is 18.2. The van der Waals surface area contributed by atoms with Gasteiger partial charge in [-0.3, -0.25) is 9.69 Å². The molecule has 32 heavy (non-hydrogen) atoms. The van der Waals surface area contributed by atoms with E-state index in [0.717, 1.165) is 47.7 Å². The first kappa shape index (κ1) is 22.7. The maximum absolute atomic E-state index is 12.4. The summed E-state index contributed by atoms with van der Waals surface area (Å²) < 4.78 is 26.6. The first-order valence-corrected chi connectivity index (χ1v) is 12.7. The van der Waals surface area contributed by atoms with Crippen molar-refractivity contribution < 1.29 is 13.2 Å². The number of carbonyl (C=O) groups is 1. The summed E-state index contributed by atoms with van der Waals surface area (Å²) in [7, 11) is -0.534. The van der Waals surface area contributed by atoms with Crippen LogP contribution in [0.4, 0.5) is 5.13 Å². The summed E-state index contributed by atoms with van der Waals surface area (Å²) in [6, 6.07) is 14.2. The van der Waals surface area contributed by atoms with Crippen molar-refractivity contribution in [2.45, 2.75) is 4.90 Å². The van der Waals surface area contributed by atoms with Crippen molar-refractivity contribution in [1.29, 1.82) is 0 Å². The molecule has 1 aliphatic heterocycles. The predicted molar refractivity (Wildman–Crippen MR) is 128 cm³/mol. The van der Waals surface area contributed by atoms with E-state index in [1.54, 1.807) is 23.5 Å². The van der Waals surface area contributed by atoms with Gasteiger partial charge in [0.25, 0.3) is 5.91 Å². The lowest BCUT2D eigenvalue weighted by molar-refractivity contribution is 0.0947. The van der Waals surface area contributed by atoms with Gasteiger partial charge >= 0.3 is 0 Å². The molecule has 0 atom stereocenters. The van der Waals surface area contributed by atoms with Crippen molar-refractivity contribution in [3.8, 4) is 0 Å². The number of benzene rings is 2. The highest BCUT2D eigenvalue weighted by Crippen LogP contribution is 2.29. The van der Waals surface area contributed by atoms with Crippen LogP contribution in [0.15, 0.2) is 53.4 Å². The van der Waals surface area contributed by atoms with Crippen molar-refractivity contribution in [3.05, 3.63) is 54.1 Å². The molecule has 1 fully saturated rings. The molecule has 2 aromatic carbocycles. The first-order chi connectivity index (χ1) is 15.3. The van der Waals surface area contributed by atoms with E-state index in [2.05, 4.69) is 21.2 Å². The lowest BCUT2D eigenvalue weighted by atomic mass is 10.2. The first-order valence-electron chi connectivity index (χ1n) is 10.5. The minimum Gasteiger partial charge on any atom is -0.351 e. The number of amides is 1. The maximum Gasteiger partial charge on any atom is 0.251 e. The standard InChI is InChI=1S/C22H27N5O3S2/c1-25(2)32(29,30)18-9-7-17(8-10-18)21(28)23-11-12-26-13-15-27(16-14-26)22-24-19-5-3-4-6-20(19)31-22/h3-10H,11-16H2,1-2H3,(H,23,28). The largest absolute Gasteiger partial charge is 0.351 e. The molecule has 1 aliphatic rings. The molecule has 1 aromatic heterocycles. The smallest absolute Gasteiger partial charge is 0.251 e. The van der Waals surface area contributed by atoms with Gasteiger partial charge in [0.05, 0.1) is 15.1 Å². The lowest BCUT2D eigenvalue weighted by Gasteiger charge is -2.34. The van der Waals surface area contributed by atoms with Crippen molar-refractivity contribution in [3.63, 3.8) is 0 Å². The second kappa shape index (κ2) is 9.53. The maximum atomic E-state index is 12.4. The molecule has 2 heterocycles. The van der Waals surface area contributed by atoms with Crippen LogP contribution < -0.4 is 10.2 Å². The fraction of sp³-hybridized carbons (Fsp3) is 0.364. The number of piperazine rings is 1. The molecule has 3 aromatic rings. The number of para-hydroxylation sites is 1. The number of hydrogen-bond acceptors (Lipinski definition) is 7. The Morgan fingerprint density at radius 3 is 2.41 bits per heavy atom. The number of hydrogen-bond donors (Lipinski definition) is 1. The summed E-state index contributed by atoms with van der Waals surface area (Å²) in [6.45, 7) is 4.97. The summed E-state index contributed by atoms with van der Waals surface area (Å²) in [5, 5.41) is 3.99. The Morgan fingerprint density at radius 1 is 1.06 bits per heavy atom. The number of nitrogens with one attached hydrogen (secondary N) is 1. The average Bonchev–Trinajstić information content (AvgIpc) is 3.24. The van der Waals surface area contributed by atoms with E-state index in [9.17, 15) is 13.2 Å². The highest BCUT2D eigenvalue weighted by molar-refractivity contribution is 7.89. The quantitative estimate of drug-likeness (QED) is 0.566. The van der Waals surface area contributed by atoms with Gasteiger partial charge in [-0.05, 0) is 36.4 Å². The third kappa shape index (κ3) is 4.93. The molecule has 10 heteroatoms. The van der Waals surface area contributed by atoms with Gasteiger partial charge in [0, 0.05) is 58.9 Å². The summed E-state index contributed by atoms with van der Waals surface area (Å²) >= 11 is 1.73. The number of rotatable bonds is 7. The van der Waals surface area contributed by atoms with Crippen molar-refractivity contribution >= 4 is 42.6 Å². The summed E-state index contributed by atoms with van der Waals surface area (Å²) in [5.74, 6) is -0.202. The Morgan fingerprint density at radius 2 is 1.75 bits per heavy atom.